The van der Waals surface area contributed by atoms with E-state index >= 15 is 0 Å². The maximum Gasteiger partial charge on any atom is 0.187 e. The maximum absolute atomic E-state index is 13.2. The molecule has 8 heteroatoms. The second kappa shape index (κ2) is 9.72. The summed E-state index contributed by atoms with van der Waals surface area (Å²) in [4.78, 5) is 29.1. The van der Waals surface area contributed by atoms with Crippen molar-refractivity contribution in [2.75, 3.05) is 0 Å². The molecule has 7 nitrogen and oxygen atoms in total. The van der Waals surface area contributed by atoms with Gasteiger partial charge in [0.15, 0.2) is 16.8 Å². The standard InChI is InChI=1S/C29H21BrN4O3/c30-25-27(36)21-10-2-1-9-20(21)26-29(25)37-28-22(24(35)12-11-23(28)33-26)17-34(15-18-7-3-5-13-31-18)16-19-8-4-6-14-32-19/h1-14,36H,15-17H2. The van der Waals surface area contributed by atoms with E-state index < -0.39 is 0 Å². The van der Waals surface area contributed by atoms with Crippen LogP contribution in [0.25, 0.3) is 33.3 Å². The highest BCUT2D eigenvalue weighted by Gasteiger charge is 2.23. The molecule has 2 aromatic heterocycles. The quantitative estimate of drug-likeness (QED) is 0.203. The minimum atomic E-state index is -0.148. The van der Waals surface area contributed by atoms with Gasteiger partial charge in [-0.1, -0.05) is 36.4 Å². The first-order valence-electron chi connectivity index (χ1n) is 11.8. The fourth-order valence-corrected chi connectivity index (χ4v) is 5.04. The van der Waals surface area contributed by atoms with Crippen LogP contribution in [-0.2, 0) is 19.6 Å². The van der Waals surface area contributed by atoms with E-state index in [1.54, 1.807) is 18.5 Å². The number of pyridine rings is 2. The average molecular weight is 553 g/mol. The predicted octanol–water partition coefficient (Wildman–Crippen LogP) is 5.91. The number of fused-ring (bicyclic) bond motifs is 4. The first-order valence-corrected chi connectivity index (χ1v) is 12.6. The van der Waals surface area contributed by atoms with Crippen LogP contribution in [0.1, 0.15) is 17.0 Å². The summed E-state index contributed by atoms with van der Waals surface area (Å²) in [5, 5.41) is 12.2. The largest absolute Gasteiger partial charge is 0.506 e. The van der Waals surface area contributed by atoms with Gasteiger partial charge in [-0.3, -0.25) is 19.7 Å². The van der Waals surface area contributed by atoms with Crippen molar-refractivity contribution in [1.29, 1.82) is 0 Å². The normalized spacial score (nSPS) is 11.6. The summed E-state index contributed by atoms with van der Waals surface area (Å²) in [5.41, 5.74) is 3.66. The number of hydrogen-bond donors (Lipinski definition) is 1. The van der Waals surface area contributed by atoms with E-state index in [0.717, 1.165) is 16.8 Å². The second-order valence-electron chi connectivity index (χ2n) is 8.78. The summed E-state index contributed by atoms with van der Waals surface area (Å²) in [6.07, 6.45) is 3.51. The molecule has 0 radical (unpaired) electrons. The van der Waals surface area contributed by atoms with Crippen LogP contribution in [0.15, 0.2) is 98.9 Å². The lowest BCUT2D eigenvalue weighted by atomic mass is 10.1. The summed E-state index contributed by atoms with van der Waals surface area (Å²) in [6, 6.07) is 22.2. The first kappa shape index (κ1) is 23.3. The molecule has 0 bridgehead atoms. The monoisotopic (exact) mass is 552 g/mol. The number of benzene rings is 3. The topological polar surface area (TPSA) is 92.4 Å². The highest BCUT2D eigenvalue weighted by atomic mass is 79.9. The zero-order chi connectivity index (χ0) is 25.4. The molecule has 0 fully saturated rings. The van der Waals surface area contributed by atoms with Crippen molar-refractivity contribution in [3.63, 3.8) is 0 Å². The fourth-order valence-electron chi connectivity index (χ4n) is 4.56. The Morgan fingerprint density at radius 1 is 0.811 bits per heavy atom. The number of phenolic OH excluding ortho intramolecular Hbond substituents is 1. The molecule has 0 spiro atoms. The lowest BCUT2D eigenvalue weighted by molar-refractivity contribution is 0.240. The molecule has 0 saturated heterocycles. The van der Waals surface area contributed by atoms with Crippen LogP contribution in [0.4, 0.5) is 0 Å². The van der Waals surface area contributed by atoms with Gasteiger partial charge in [-0.15, -0.1) is 0 Å². The third-order valence-corrected chi connectivity index (χ3v) is 7.03. The Morgan fingerprint density at radius 3 is 2.11 bits per heavy atom. The Hall–Kier alpha value is -4.14. The number of nitrogens with zero attached hydrogens (tertiary/aromatic N) is 4. The molecule has 6 rings (SSSR count). The van der Waals surface area contributed by atoms with Crippen molar-refractivity contribution >= 4 is 37.8 Å². The van der Waals surface area contributed by atoms with Crippen LogP contribution in [0.3, 0.4) is 0 Å². The number of hydrogen-bond acceptors (Lipinski definition) is 7. The number of halogens is 1. The van der Waals surface area contributed by atoms with Crippen LogP contribution >= 0.6 is 15.9 Å². The lowest BCUT2D eigenvalue weighted by Crippen LogP contribution is -2.27. The van der Waals surface area contributed by atoms with Crippen molar-refractivity contribution in [3.05, 3.63) is 117 Å². The minimum absolute atomic E-state index is 0.0692. The van der Waals surface area contributed by atoms with Gasteiger partial charge in [-0.2, -0.15) is 0 Å². The Balaban J connectivity index is 1.49. The number of phenols is 1. The van der Waals surface area contributed by atoms with Gasteiger partial charge in [-0.05, 0) is 52.3 Å². The van der Waals surface area contributed by atoms with Crippen LogP contribution in [0.5, 0.6) is 5.75 Å². The summed E-state index contributed by atoms with van der Waals surface area (Å²) >= 11 is 3.48. The van der Waals surface area contributed by atoms with E-state index in [1.807, 2.05) is 60.7 Å². The van der Waals surface area contributed by atoms with Crippen molar-refractivity contribution in [3.8, 4) is 17.2 Å². The Bertz CT molecular complexity index is 1720. The second-order valence-corrected chi connectivity index (χ2v) is 9.57. The van der Waals surface area contributed by atoms with Gasteiger partial charge < -0.3 is 9.52 Å². The van der Waals surface area contributed by atoms with Gasteiger partial charge >= 0.3 is 0 Å². The van der Waals surface area contributed by atoms with E-state index in [0.29, 0.717) is 57.6 Å². The maximum atomic E-state index is 13.2. The van der Waals surface area contributed by atoms with E-state index in [-0.39, 0.29) is 11.2 Å². The highest BCUT2D eigenvalue weighted by Crippen LogP contribution is 2.42. The molecule has 0 unspecified atom stereocenters. The van der Waals surface area contributed by atoms with Crippen molar-refractivity contribution in [1.82, 2.24) is 19.9 Å². The van der Waals surface area contributed by atoms with Crippen molar-refractivity contribution in [2.24, 2.45) is 0 Å². The van der Waals surface area contributed by atoms with Gasteiger partial charge in [0.1, 0.15) is 21.4 Å². The zero-order valence-electron chi connectivity index (χ0n) is 19.6. The summed E-state index contributed by atoms with van der Waals surface area (Å²) in [5.74, 6) is 0.460. The minimum Gasteiger partial charge on any atom is -0.506 e. The summed E-state index contributed by atoms with van der Waals surface area (Å²) in [6.45, 7) is 1.34. The number of aromatic nitrogens is 3. The van der Waals surface area contributed by atoms with Crippen LogP contribution in [0, 0.1) is 0 Å². The van der Waals surface area contributed by atoms with E-state index in [1.165, 1.54) is 6.07 Å². The predicted molar refractivity (Wildman–Crippen MR) is 145 cm³/mol. The van der Waals surface area contributed by atoms with Crippen molar-refractivity contribution < 1.29 is 9.52 Å². The lowest BCUT2D eigenvalue weighted by Gasteiger charge is -2.23. The molecule has 2 aliphatic rings. The molecular weight excluding hydrogens is 532 g/mol. The van der Waals surface area contributed by atoms with E-state index in [2.05, 4.69) is 30.8 Å². The van der Waals surface area contributed by atoms with Gasteiger partial charge in [-0.25, -0.2) is 4.98 Å². The van der Waals surface area contributed by atoms with Gasteiger partial charge in [0.05, 0.1) is 17.0 Å². The molecule has 1 N–H and O–H groups in total. The Labute approximate surface area is 220 Å². The molecule has 37 heavy (non-hydrogen) atoms. The van der Waals surface area contributed by atoms with Crippen LogP contribution in [0.2, 0.25) is 0 Å². The highest BCUT2D eigenvalue weighted by molar-refractivity contribution is 9.10. The molecule has 0 atom stereocenters. The molecule has 1 aliphatic carbocycles. The summed E-state index contributed by atoms with van der Waals surface area (Å²) < 4.78 is 6.75. The molecule has 0 saturated carbocycles. The Kier molecular flexibility index (Phi) is 6.12. The molecule has 182 valence electrons. The molecular formula is C29H21BrN4O3. The smallest absolute Gasteiger partial charge is 0.187 e. The van der Waals surface area contributed by atoms with Gasteiger partial charge in [0, 0.05) is 42.8 Å². The van der Waals surface area contributed by atoms with Crippen LogP contribution in [-0.4, -0.2) is 25.0 Å². The van der Waals surface area contributed by atoms with Gasteiger partial charge in [0.2, 0.25) is 0 Å². The SMILES string of the molecule is O=c1ccc2nc3c(oc-2c1CN(Cc1ccccn1)Cc1ccccn1)c(Br)c(O)c1ccccc13. The number of aromatic hydroxyl groups is 1. The molecule has 4 aromatic rings. The zero-order valence-corrected chi connectivity index (χ0v) is 21.2. The third-order valence-electron chi connectivity index (χ3n) is 6.30. The molecule has 0 amide bonds. The van der Waals surface area contributed by atoms with Crippen molar-refractivity contribution in [2.45, 2.75) is 19.6 Å². The third kappa shape index (κ3) is 4.45. The molecule has 3 heterocycles. The molecule has 2 aromatic carbocycles. The van der Waals surface area contributed by atoms with E-state index in [9.17, 15) is 9.90 Å². The van der Waals surface area contributed by atoms with Gasteiger partial charge in [0.25, 0.3) is 0 Å². The summed E-state index contributed by atoms with van der Waals surface area (Å²) in [7, 11) is 0. The average Bonchev–Trinajstić information content (AvgIpc) is 2.93. The van der Waals surface area contributed by atoms with Crippen LogP contribution < -0.4 is 5.43 Å². The number of rotatable bonds is 6. The Morgan fingerprint density at radius 2 is 1.46 bits per heavy atom. The molecule has 1 aliphatic heterocycles. The fraction of sp³-hybridized carbons (Fsp3) is 0.103. The first-order chi connectivity index (χ1) is 18.1. The van der Waals surface area contributed by atoms with E-state index in [4.69, 9.17) is 9.40 Å².